The molecule has 0 spiro atoms. The molecule has 1 unspecified atom stereocenters. The van der Waals surface area contributed by atoms with Gasteiger partial charge in [0.1, 0.15) is 0 Å². The van der Waals surface area contributed by atoms with Gasteiger partial charge < -0.3 is 9.84 Å². The molecule has 0 saturated carbocycles. The monoisotopic (exact) mass is 260 g/mol. The maximum Gasteiger partial charge on any atom is 0.324 e. The molecule has 0 aliphatic rings. The summed E-state index contributed by atoms with van der Waals surface area (Å²) >= 11 is 0. The van der Waals surface area contributed by atoms with Crippen LogP contribution in [0.25, 0.3) is 0 Å². The smallest absolute Gasteiger partial charge is 0.324 e. The van der Waals surface area contributed by atoms with E-state index in [-0.39, 0.29) is 13.0 Å². The number of carboxylic acids is 1. The number of benzene rings is 1. The molecule has 0 saturated heterocycles. The number of hydrogen-bond acceptors (Lipinski definition) is 3. The van der Waals surface area contributed by atoms with E-state index in [2.05, 4.69) is 11.8 Å². The molecule has 1 aromatic rings. The number of hydrogen-bond donors (Lipinski definition) is 1. The molecule has 4 heteroatoms. The van der Waals surface area contributed by atoms with Crippen LogP contribution in [0, 0.1) is 17.3 Å². The number of esters is 1. The molecule has 0 bridgehead atoms. The molecular weight excluding hydrogens is 244 g/mol. The second kappa shape index (κ2) is 6.60. The van der Waals surface area contributed by atoms with Crippen LogP contribution in [0.15, 0.2) is 30.3 Å². The van der Waals surface area contributed by atoms with Crippen molar-refractivity contribution in [3.63, 3.8) is 0 Å². The molecule has 1 aromatic carbocycles. The number of aliphatic carboxylic acids is 1. The molecule has 1 rings (SSSR count). The van der Waals surface area contributed by atoms with E-state index in [0.29, 0.717) is 0 Å². The zero-order valence-corrected chi connectivity index (χ0v) is 11.0. The summed E-state index contributed by atoms with van der Waals surface area (Å²) in [4.78, 5) is 22.9. The van der Waals surface area contributed by atoms with E-state index in [4.69, 9.17) is 9.84 Å². The van der Waals surface area contributed by atoms with Crippen molar-refractivity contribution in [1.82, 2.24) is 0 Å². The molecule has 0 heterocycles. The summed E-state index contributed by atoms with van der Waals surface area (Å²) in [6.07, 6.45) is -0.0872. The Kier molecular flexibility index (Phi) is 5.13. The van der Waals surface area contributed by atoms with Crippen LogP contribution in [-0.4, -0.2) is 23.7 Å². The third kappa shape index (κ3) is 3.85. The van der Waals surface area contributed by atoms with Crippen molar-refractivity contribution in [1.29, 1.82) is 0 Å². The Morgan fingerprint density at radius 3 is 2.47 bits per heavy atom. The fourth-order valence-electron chi connectivity index (χ4n) is 1.37. The van der Waals surface area contributed by atoms with Gasteiger partial charge in [0.25, 0.3) is 0 Å². The average Bonchev–Trinajstić information content (AvgIpc) is 2.39. The number of carbonyl (C=O) groups is 2. The second-order valence-electron chi connectivity index (χ2n) is 4.20. The average molecular weight is 260 g/mol. The standard InChI is InChI=1S/C15H16O4/c1-3-19-14(18)15(2,13(16)17)11-7-10-12-8-5-4-6-9-12/h4-6,8-9H,3,11H2,1-2H3,(H,16,17). The Labute approximate surface area is 112 Å². The Bertz CT molecular complexity index is 510. The topological polar surface area (TPSA) is 63.6 Å². The maximum absolute atomic E-state index is 11.7. The van der Waals surface area contributed by atoms with E-state index in [1.165, 1.54) is 6.92 Å². The molecule has 4 nitrogen and oxygen atoms in total. The SMILES string of the molecule is CCOC(=O)C(C)(CC#Cc1ccccc1)C(=O)O. The van der Waals surface area contributed by atoms with Gasteiger partial charge in [-0.1, -0.05) is 30.0 Å². The lowest BCUT2D eigenvalue weighted by Crippen LogP contribution is -2.37. The highest BCUT2D eigenvalue weighted by Crippen LogP contribution is 2.23. The first kappa shape index (κ1) is 14.8. The van der Waals surface area contributed by atoms with Crippen LogP contribution < -0.4 is 0 Å². The van der Waals surface area contributed by atoms with Gasteiger partial charge in [0.05, 0.1) is 6.61 Å². The summed E-state index contributed by atoms with van der Waals surface area (Å²) in [6.45, 7) is 3.11. The van der Waals surface area contributed by atoms with Crippen molar-refractivity contribution >= 4 is 11.9 Å². The predicted octanol–water partition coefficient (Wildman–Crippen LogP) is 2.08. The largest absolute Gasteiger partial charge is 0.480 e. The van der Waals surface area contributed by atoms with Crippen LogP contribution in [-0.2, 0) is 14.3 Å². The molecule has 19 heavy (non-hydrogen) atoms. The van der Waals surface area contributed by atoms with Gasteiger partial charge in [-0.15, -0.1) is 0 Å². The number of carbonyl (C=O) groups excluding carboxylic acids is 1. The summed E-state index contributed by atoms with van der Waals surface area (Å²) in [5, 5.41) is 9.16. The third-order valence-corrected chi connectivity index (χ3v) is 2.65. The van der Waals surface area contributed by atoms with Gasteiger partial charge in [-0.2, -0.15) is 0 Å². The minimum Gasteiger partial charge on any atom is -0.480 e. The Morgan fingerprint density at radius 2 is 1.95 bits per heavy atom. The number of rotatable bonds is 4. The van der Waals surface area contributed by atoms with E-state index >= 15 is 0 Å². The van der Waals surface area contributed by atoms with E-state index in [9.17, 15) is 9.59 Å². The molecular formula is C15H16O4. The van der Waals surface area contributed by atoms with E-state index in [1.807, 2.05) is 30.3 Å². The summed E-state index contributed by atoms with van der Waals surface area (Å²) in [7, 11) is 0. The van der Waals surface area contributed by atoms with Gasteiger partial charge in [0.2, 0.25) is 0 Å². The van der Waals surface area contributed by atoms with Crippen LogP contribution in [0.5, 0.6) is 0 Å². The van der Waals surface area contributed by atoms with Crippen molar-refractivity contribution in [2.45, 2.75) is 20.3 Å². The lowest BCUT2D eigenvalue weighted by Gasteiger charge is -2.19. The van der Waals surface area contributed by atoms with Crippen molar-refractivity contribution < 1.29 is 19.4 Å². The van der Waals surface area contributed by atoms with Crippen LogP contribution in [0.3, 0.4) is 0 Å². The fraction of sp³-hybridized carbons (Fsp3) is 0.333. The molecule has 0 amide bonds. The van der Waals surface area contributed by atoms with Gasteiger partial charge in [-0.25, -0.2) is 0 Å². The molecule has 0 aliphatic heterocycles. The Balaban J connectivity index is 2.84. The molecule has 100 valence electrons. The van der Waals surface area contributed by atoms with E-state index in [1.54, 1.807) is 6.92 Å². The molecule has 1 atom stereocenters. The van der Waals surface area contributed by atoms with E-state index in [0.717, 1.165) is 5.56 Å². The van der Waals surface area contributed by atoms with Crippen LogP contribution in [0.4, 0.5) is 0 Å². The van der Waals surface area contributed by atoms with Crippen molar-refractivity contribution in [3.05, 3.63) is 35.9 Å². The molecule has 1 N–H and O–H groups in total. The lowest BCUT2D eigenvalue weighted by atomic mass is 9.87. The molecule has 0 fully saturated rings. The summed E-state index contributed by atoms with van der Waals surface area (Å²) < 4.78 is 4.78. The van der Waals surface area contributed by atoms with Crippen LogP contribution in [0.2, 0.25) is 0 Å². The molecule has 0 aromatic heterocycles. The Morgan fingerprint density at radius 1 is 1.32 bits per heavy atom. The Hall–Kier alpha value is -2.28. The van der Waals surface area contributed by atoms with Gasteiger partial charge in [-0.05, 0) is 26.0 Å². The summed E-state index contributed by atoms with van der Waals surface area (Å²) in [5.41, 5.74) is -0.850. The highest BCUT2D eigenvalue weighted by atomic mass is 16.5. The molecule has 0 aliphatic carbocycles. The van der Waals surface area contributed by atoms with Gasteiger partial charge >= 0.3 is 11.9 Å². The highest BCUT2D eigenvalue weighted by Gasteiger charge is 2.42. The van der Waals surface area contributed by atoms with Crippen LogP contribution >= 0.6 is 0 Å². The van der Waals surface area contributed by atoms with Crippen molar-refractivity contribution in [2.75, 3.05) is 6.61 Å². The van der Waals surface area contributed by atoms with E-state index < -0.39 is 17.4 Å². The summed E-state index contributed by atoms with van der Waals surface area (Å²) in [6, 6.07) is 9.17. The maximum atomic E-state index is 11.7. The van der Waals surface area contributed by atoms with Crippen LogP contribution in [0.1, 0.15) is 25.8 Å². The van der Waals surface area contributed by atoms with Crippen molar-refractivity contribution in [2.24, 2.45) is 5.41 Å². The number of carboxylic acid groups (broad SMARTS) is 1. The quantitative estimate of drug-likeness (QED) is 0.511. The predicted molar refractivity (Wildman–Crippen MR) is 70.3 cm³/mol. The molecule has 0 radical (unpaired) electrons. The minimum absolute atomic E-state index is 0.0872. The number of ether oxygens (including phenoxy) is 1. The second-order valence-corrected chi connectivity index (χ2v) is 4.20. The highest BCUT2D eigenvalue weighted by molar-refractivity contribution is 5.99. The third-order valence-electron chi connectivity index (χ3n) is 2.65. The zero-order valence-electron chi connectivity index (χ0n) is 11.0. The first-order valence-electron chi connectivity index (χ1n) is 5.95. The van der Waals surface area contributed by atoms with Crippen molar-refractivity contribution in [3.8, 4) is 11.8 Å². The van der Waals surface area contributed by atoms with Gasteiger partial charge in [-0.3, -0.25) is 9.59 Å². The van der Waals surface area contributed by atoms with Gasteiger partial charge in [0.15, 0.2) is 5.41 Å². The minimum atomic E-state index is -1.63. The fourth-order valence-corrected chi connectivity index (χ4v) is 1.37. The first-order valence-corrected chi connectivity index (χ1v) is 5.95. The normalized spacial score (nSPS) is 12.7. The summed E-state index contributed by atoms with van der Waals surface area (Å²) in [5.74, 6) is 3.57. The lowest BCUT2D eigenvalue weighted by molar-refractivity contribution is -0.166. The van der Waals surface area contributed by atoms with Gasteiger partial charge in [0, 0.05) is 12.0 Å². The zero-order chi connectivity index (χ0) is 14.3. The first-order chi connectivity index (χ1) is 9.00.